The van der Waals surface area contributed by atoms with Gasteiger partial charge in [-0.25, -0.2) is 4.79 Å². The standard InChI is InChI=1S/C21H21NO7S/c23-20(14(9-30)5-12-1-3-16-18(7-12)28-10-26-16)22-15(21(24)25)6-13-2-4-17-19(8-13)29-11-27-17/h1-4,7-8,14-15,30H,5-6,9-11H2,(H,22,23)(H,24,25)/t14?,15-/m0/s1. The van der Waals surface area contributed by atoms with E-state index in [1.807, 2.05) is 12.1 Å². The number of thiol groups is 1. The fraction of sp³-hybridized carbons (Fsp3) is 0.333. The van der Waals surface area contributed by atoms with Crippen LogP contribution in [-0.2, 0) is 22.4 Å². The van der Waals surface area contributed by atoms with Crippen LogP contribution in [0.5, 0.6) is 23.0 Å². The number of carbonyl (C=O) groups is 2. The summed E-state index contributed by atoms with van der Waals surface area (Å²) in [4.78, 5) is 24.5. The average molecular weight is 431 g/mol. The van der Waals surface area contributed by atoms with Crippen LogP contribution < -0.4 is 24.3 Å². The molecule has 158 valence electrons. The van der Waals surface area contributed by atoms with E-state index in [0.29, 0.717) is 29.4 Å². The summed E-state index contributed by atoms with van der Waals surface area (Å²) in [7, 11) is 0. The molecule has 8 nitrogen and oxygen atoms in total. The number of benzene rings is 2. The summed E-state index contributed by atoms with van der Waals surface area (Å²) in [6, 6.07) is 9.63. The fourth-order valence-corrected chi connectivity index (χ4v) is 3.68. The SMILES string of the molecule is O=C(N[C@@H](Cc1ccc2c(c1)OCO2)C(=O)O)C(CS)Cc1ccc2c(c1)OCO2. The van der Waals surface area contributed by atoms with Crippen LogP contribution in [-0.4, -0.2) is 42.4 Å². The maximum absolute atomic E-state index is 12.8. The molecule has 2 heterocycles. The van der Waals surface area contributed by atoms with Gasteiger partial charge in [0.05, 0.1) is 5.92 Å². The molecule has 2 aromatic carbocycles. The summed E-state index contributed by atoms with van der Waals surface area (Å²) in [5, 5.41) is 12.2. The van der Waals surface area contributed by atoms with Crippen LogP contribution in [0.3, 0.4) is 0 Å². The number of carboxylic acids is 1. The number of hydrogen-bond acceptors (Lipinski definition) is 7. The molecule has 0 spiro atoms. The highest BCUT2D eigenvalue weighted by molar-refractivity contribution is 7.80. The van der Waals surface area contributed by atoms with Gasteiger partial charge in [0.1, 0.15) is 6.04 Å². The van der Waals surface area contributed by atoms with Crippen molar-refractivity contribution in [1.82, 2.24) is 5.32 Å². The first-order valence-electron chi connectivity index (χ1n) is 9.44. The van der Waals surface area contributed by atoms with Gasteiger partial charge in [-0.2, -0.15) is 12.6 Å². The van der Waals surface area contributed by atoms with Gasteiger partial charge in [0.25, 0.3) is 0 Å². The molecule has 1 unspecified atom stereocenters. The normalized spacial score (nSPS) is 15.5. The van der Waals surface area contributed by atoms with Gasteiger partial charge in [0.2, 0.25) is 19.5 Å². The lowest BCUT2D eigenvalue weighted by Gasteiger charge is -2.20. The second kappa shape index (κ2) is 8.74. The third kappa shape index (κ3) is 4.40. The molecule has 1 amide bonds. The maximum Gasteiger partial charge on any atom is 0.326 e. The Kier molecular flexibility index (Phi) is 5.89. The number of nitrogens with one attached hydrogen (secondary N) is 1. The van der Waals surface area contributed by atoms with Gasteiger partial charge in [0, 0.05) is 12.2 Å². The predicted molar refractivity (Wildman–Crippen MR) is 109 cm³/mol. The van der Waals surface area contributed by atoms with E-state index in [2.05, 4.69) is 17.9 Å². The van der Waals surface area contributed by atoms with Gasteiger partial charge in [-0.05, 0) is 41.8 Å². The van der Waals surface area contributed by atoms with Gasteiger partial charge >= 0.3 is 5.97 Å². The number of carboxylic acid groups (broad SMARTS) is 1. The molecule has 0 saturated carbocycles. The molecule has 0 fully saturated rings. The van der Waals surface area contributed by atoms with Crippen LogP contribution in [0.2, 0.25) is 0 Å². The van der Waals surface area contributed by atoms with Crippen molar-refractivity contribution in [3.05, 3.63) is 47.5 Å². The minimum Gasteiger partial charge on any atom is -0.480 e. The lowest BCUT2D eigenvalue weighted by molar-refractivity contribution is -0.142. The first kappa shape index (κ1) is 20.2. The minimum absolute atomic E-state index is 0.126. The van der Waals surface area contributed by atoms with Crippen LogP contribution >= 0.6 is 12.6 Å². The second-order valence-corrected chi connectivity index (χ2v) is 7.43. The van der Waals surface area contributed by atoms with Crippen LogP contribution in [0.25, 0.3) is 0 Å². The highest BCUT2D eigenvalue weighted by Gasteiger charge is 2.26. The van der Waals surface area contributed by atoms with Crippen molar-refractivity contribution in [1.29, 1.82) is 0 Å². The van der Waals surface area contributed by atoms with Crippen molar-refractivity contribution < 1.29 is 33.6 Å². The molecule has 2 aliphatic rings. The summed E-state index contributed by atoms with van der Waals surface area (Å²) in [5.74, 6) is 0.798. The van der Waals surface area contributed by atoms with E-state index in [4.69, 9.17) is 18.9 Å². The van der Waals surface area contributed by atoms with Crippen LogP contribution in [0, 0.1) is 5.92 Å². The van der Waals surface area contributed by atoms with Crippen LogP contribution in [0.4, 0.5) is 0 Å². The van der Waals surface area contributed by atoms with Crippen molar-refractivity contribution >= 4 is 24.5 Å². The Labute approximate surface area is 178 Å². The van der Waals surface area contributed by atoms with Gasteiger partial charge in [0.15, 0.2) is 23.0 Å². The van der Waals surface area contributed by atoms with Gasteiger partial charge in [-0.3, -0.25) is 4.79 Å². The Bertz CT molecular complexity index is 964. The molecule has 30 heavy (non-hydrogen) atoms. The smallest absolute Gasteiger partial charge is 0.326 e. The molecule has 4 rings (SSSR count). The molecule has 0 bridgehead atoms. The van der Waals surface area contributed by atoms with E-state index in [1.165, 1.54) is 0 Å². The third-order valence-electron chi connectivity index (χ3n) is 5.00. The first-order chi connectivity index (χ1) is 14.5. The largest absolute Gasteiger partial charge is 0.480 e. The van der Waals surface area contributed by atoms with Crippen LogP contribution in [0.15, 0.2) is 36.4 Å². The summed E-state index contributed by atoms with van der Waals surface area (Å²) >= 11 is 4.29. The van der Waals surface area contributed by atoms with E-state index in [0.717, 1.165) is 11.1 Å². The van der Waals surface area contributed by atoms with E-state index in [-0.39, 0.29) is 31.7 Å². The topological polar surface area (TPSA) is 103 Å². The highest BCUT2D eigenvalue weighted by Crippen LogP contribution is 2.34. The number of fused-ring (bicyclic) bond motifs is 2. The van der Waals surface area contributed by atoms with Crippen molar-refractivity contribution in [3.8, 4) is 23.0 Å². The molecule has 0 saturated heterocycles. The summed E-state index contributed by atoms with van der Waals surface area (Å²) in [6.07, 6.45) is 0.531. The Hall–Kier alpha value is -3.07. The monoisotopic (exact) mass is 431 g/mol. The Balaban J connectivity index is 1.41. The number of ether oxygens (including phenoxy) is 4. The zero-order valence-corrected chi connectivity index (χ0v) is 16.9. The van der Waals surface area contributed by atoms with E-state index in [1.54, 1.807) is 24.3 Å². The molecule has 2 aliphatic heterocycles. The molecule has 9 heteroatoms. The summed E-state index contributed by atoms with van der Waals surface area (Å²) in [6.45, 7) is 0.316. The third-order valence-corrected chi connectivity index (χ3v) is 5.44. The lowest BCUT2D eigenvalue weighted by atomic mass is 9.98. The maximum atomic E-state index is 12.8. The first-order valence-corrected chi connectivity index (χ1v) is 10.1. The van der Waals surface area contributed by atoms with Gasteiger partial charge in [-0.15, -0.1) is 0 Å². The molecule has 2 N–H and O–H groups in total. The summed E-state index contributed by atoms with van der Waals surface area (Å²) < 4.78 is 21.3. The van der Waals surface area contributed by atoms with E-state index < -0.39 is 17.9 Å². The molecule has 0 radical (unpaired) electrons. The highest BCUT2D eigenvalue weighted by atomic mass is 32.1. The molecular formula is C21H21NO7S. The second-order valence-electron chi connectivity index (χ2n) is 7.06. The van der Waals surface area contributed by atoms with E-state index in [9.17, 15) is 14.7 Å². The van der Waals surface area contributed by atoms with Crippen molar-refractivity contribution in [3.63, 3.8) is 0 Å². The molecule has 0 aromatic heterocycles. The zero-order chi connectivity index (χ0) is 21.1. The molecule has 2 atom stereocenters. The van der Waals surface area contributed by atoms with Crippen LogP contribution in [0.1, 0.15) is 11.1 Å². The molecular weight excluding hydrogens is 410 g/mol. The van der Waals surface area contributed by atoms with Gasteiger partial charge < -0.3 is 29.4 Å². The van der Waals surface area contributed by atoms with Crippen molar-refractivity contribution in [2.75, 3.05) is 19.3 Å². The quantitative estimate of drug-likeness (QED) is 0.550. The minimum atomic E-state index is -1.11. The van der Waals surface area contributed by atoms with Crippen molar-refractivity contribution in [2.24, 2.45) is 5.92 Å². The predicted octanol–water partition coefficient (Wildman–Crippen LogP) is 2.04. The molecule has 2 aromatic rings. The number of aliphatic carboxylic acids is 1. The molecule has 0 aliphatic carbocycles. The van der Waals surface area contributed by atoms with Gasteiger partial charge in [-0.1, -0.05) is 12.1 Å². The average Bonchev–Trinajstić information content (AvgIpc) is 3.39. The Morgan fingerprint density at radius 2 is 1.43 bits per heavy atom. The number of amides is 1. The Morgan fingerprint density at radius 1 is 0.900 bits per heavy atom. The number of carbonyl (C=O) groups excluding carboxylic acids is 1. The number of hydrogen-bond donors (Lipinski definition) is 3. The fourth-order valence-electron chi connectivity index (χ4n) is 3.39. The Morgan fingerprint density at radius 3 is 1.97 bits per heavy atom. The lowest BCUT2D eigenvalue weighted by Crippen LogP contribution is -2.45. The number of rotatable bonds is 8. The zero-order valence-electron chi connectivity index (χ0n) is 16.0. The van der Waals surface area contributed by atoms with Crippen molar-refractivity contribution in [2.45, 2.75) is 18.9 Å². The summed E-state index contributed by atoms with van der Waals surface area (Å²) in [5.41, 5.74) is 1.61. The van der Waals surface area contributed by atoms with E-state index >= 15 is 0 Å².